The summed E-state index contributed by atoms with van der Waals surface area (Å²) in [5, 5.41) is 17.1. The van der Waals surface area contributed by atoms with Crippen LogP contribution in [0.25, 0.3) is 33.6 Å². The zero-order valence-corrected chi connectivity index (χ0v) is 27.9. The first kappa shape index (κ1) is 33.5. The molecule has 3 heterocycles. The first-order chi connectivity index (χ1) is 22.1. The van der Waals surface area contributed by atoms with Crippen molar-refractivity contribution in [2.24, 2.45) is 0 Å². The second-order valence-corrected chi connectivity index (χ2v) is 12.6. The fourth-order valence-corrected chi connectivity index (χ4v) is 6.09. The number of methoxy groups -OCH3 is 2. The summed E-state index contributed by atoms with van der Waals surface area (Å²) in [6, 6.07) is 11.6. The molecule has 0 spiro atoms. The van der Waals surface area contributed by atoms with Gasteiger partial charge in [0, 0.05) is 47.8 Å². The molecule has 1 saturated heterocycles. The Hall–Kier alpha value is -3.83. The van der Waals surface area contributed by atoms with Crippen molar-refractivity contribution in [3.05, 3.63) is 70.2 Å². The number of aliphatic hydroxyl groups is 1. The number of nitrogens with one attached hydrogen (secondary N) is 2. The van der Waals surface area contributed by atoms with Crippen molar-refractivity contribution in [2.45, 2.75) is 64.1 Å². The van der Waals surface area contributed by atoms with Gasteiger partial charge >= 0.3 is 0 Å². The van der Waals surface area contributed by atoms with Gasteiger partial charge in [-0.15, -0.1) is 0 Å². The number of carbonyl (C=O) groups is 1. The second-order valence-electron chi connectivity index (χ2n) is 11.9. The first-order valence-corrected chi connectivity index (χ1v) is 15.9. The van der Waals surface area contributed by atoms with Crippen molar-refractivity contribution < 1.29 is 19.4 Å². The molecule has 242 valence electrons. The van der Waals surface area contributed by atoms with E-state index in [4.69, 9.17) is 37.7 Å². The summed E-state index contributed by atoms with van der Waals surface area (Å²) < 4.78 is 11.1. The number of hydrogen-bond donors (Lipinski definition) is 3. The largest absolute Gasteiger partial charge is 0.480 e. The molecule has 0 unspecified atom stereocenters. The van der Waals surface area contributed by atoms with Gasteiger partial charge in [0.05, 0.1) is 53.6 Å². The van der Waals surface area contributed by atoms with E-state index in [0.29, 0.717) is 75.9 Å². The monoisotopic (exact) mass is 664 g/mol. The summed E-state index contributed by atoms with van der Waals surface area (Å²) in [6.07, 6.45) is 7.26. The third-order valence-corrected chi connectivity index (χ3v) is 8.56. The molecule has 0 bridgehead atoms. The van der Waals surface area contributed by atoms with E-state index in [0.717, 1.165) is 36.1 Å². The van der Waals surface area contributed by atoms with Gasteiger partial charge in [0.1, 0.15) is 11.4 Å². The Bertz CT molecular complexity index is 1710. The summed E-state index contributed by atoms with van der Waals surface area (Å²) in [6.45, 7) is 4.22. The fourth-order valence-electron chi connectivity index (χ4n) is 5.45. The average Bonchev–Trinajstić information content (AvgIpc) is 3.45. The lowest BCUT2D eigenvalue weighted by Gasteiger charge is -2.18. The number of carbonyl (C=O) groups excluding carboxylic acids is 1. The molecule has 0 radical (unpaired) electrons. The summed E-state index contributed by atoms with van der Waals surface area (Å²) in [5.74, 6) is 0.930. The second kappa shape index (κ2) is 14.7. The van der Waals surface area contributed by atoms with Crippen LogP contribution >= 0.6 is 23.2 Å². The summed E-state index contributed by atoms with van der Waals surface area (Å²) in [4.78, 5) is 30.2. The van der Waals surface area contributed by atoms with Crippen LogP contribution in [0.4, 0.5) is 0 Å². The van der Waals surface area contributed by atoms with Crippen LogP contribution in [-0.4, -0.2) is 63.4 Å². The van der Waals surface area contributed by atoms with E-state index in [1.807, 2.05) is 36.4 Å². The molecule has 12 heteroatoms. The molecule has 4 aromatic rings. The SMILES string of the molecule is COc1nc(-c2cccc(-c3cccc(-c4cnc(CNCC(C)(C)O)c(OC)n4)c3Cl)c2Cl)cnc1CCC[C@@H]1CCC(=O)N1. The van der Waals surface area contributed by atoms with Crippen LogP contribution in [0.2, 0.25) is 10.0 Å². The normalized spacial score (nSPS) is 14.8. The van der Waals surface area contributed by atoms with Gasteiger partial charge < -0.3 is 25.2 Å². The molecular weight excluding hydrogens is 627 g/mol. The van der Waals surface area contributed by atoms with Crippen molar-refractivity contribution in [1.82, 2.24) is 30.6 Å². The molecule has 5 rings (SSSR count). The number of nitrogens with zero attached hydrogens (tertiary/aromatic N) is 4. The topological polar surface area (TPSA) is 131 Å². The van der Waals surface area contributed by atoms with Crippen LogP contribution in [0, 0.1) is 0 Å². The molecule has 46 heavy (non-hydrogen) atoms. The predicted octanol–water partition coefficient (Wildman–Crippen LogP) is 6.05. The molecular formula is C34H38Cl2N6O4. The maximum absolute atomic E-state index is 11.5. The van der Waals surface area contributed by atoms with Gasteiger partial charge in [-0.3, -0.25) is 14.8 Å². The highest BCUT2D eigenvalue weighted by atomic mass is 35.5. The zero-order valence-electron chi connectivity index (χ0n) is 26.4. The minimum atomic E-state index is -0.855. The highest BCUT2D eigenvalue weighted by molar-refractivity contribution is 6.39. The molecule has 1 amide bonds. The van der Waals surface area contributed by atoms with Crippen molar-refractivity contribution in [2.75, 3.05) is 20.8 Å². The Labute approximate surface area is 278 Å². The molecule has 2 aromatic heterocycles. The van der Waals surface area contributed by atoms with E-state index in [9.17, 15) is 9.90 Å². The maximum Gasteiger partial charge on any atom is 0.237 e. The van der Waals surface area contributed by atoms with Gasteiger partial charge in [-0.2, -0.15) is 0 Å². The molecule has 3 N–H and O–H groups in total. The standard InChI is InChI=1S/C34H38Cl2N6O4/c1-34(2,44)19-37-16-28-33(46-4)42-27(18-39-28)24-12-7-10-22(31(24)36)21-9-6-11-23(30(21)35)26-17-38-25(32(41-26)45-3)13-5-8-20-14-15-29(43)40-20/h6-7,9-12,17-18,20,37,44H,5,8,13-16,19H2,1-4H3,(H,40,43)/t20-/m1/s1. The number of hydrogen-bond acceptors (Lipinski definition) is 9. The van der Waals surface area contributed by atoms with Gasteiger partial charge in [0.15, 0.2) is 0 Å². The fraction of sp³-hybridized carbons (Fsp3) is 0.382. The lowest BCUT2D eigenvalue weighted by Crippen LogP contribution is -2.34. The Morgan fingerprint density at radius 1 is 0.913 bits per heavy atom. The minimum absolute atomic E-state index is 0.120. The minimum Gasteiger partial charge on any atom is -0.480 e. The van der Waals surface area contributed by atoms with Gasteiger partial charge in [-0.25, -0.2) is 9.97 Å². The summed E-state index contributed by atoms with van der Waals surface area (Å²) in [5.41, 5.74) is 4.45. The van der Waals surface area contributed by atoms with Crippen molar-refractivity contribution in [3.8, 4) is 45.4 Å². The van der Waals surface area contributed by atoms with E-state index < -0.39 is 5.60 Å². The smallest absolute Gasteiger partial charge is 0.237 e. The first-order valence-electron chi connectivity index (χ1n) is 15.2. The van der Waals surface area contributed by atoms with E-state index >= 15 is 0 Å². The van der Waals surface area contributed by atoms with Crippen LogP contribution < -0.4 is 20.1 Å². The highest BCUT2D eigenvalue weighted by Gasteiger charge is 2.22. The third-order valence-electron chi connectivity index (χ3n) is 7.75. The number of aryl methyl sites for hydroxylation is 1. The summed E-state index contributed by atoms with van der Waals surface area (Å²) >= 11 is 14.0. The van der Waals surface area contributed by atoms with Gasteiger partial charge in [-0.05, 0) is 39.5 Å². The summed E-state index contributed by atoms with van der Waals surface area (Å²) in [7, 11) is 3.12. The van der Waals surface area contributed by atoms with Crippen LogP contribution in [0.1, 0.15) is 50.9 Å². The Morgan fingerprint density at radius 2 is 1.46 bits per heavy atom. The van der Waals surface area contributed by atoms with Crippen LogP contribution in [-0.2, 0) is 17.8 Å². The number of benzene rings is 2. The number of aromatic nitrogens is 4. The molecule has 1 aliphatic rings. The van der Waals surface area contributed by atoms with Crippen molar-refractivity contribution in [1.29, 1.82) is 0 Å². The third kappa shape index (κ3) is 7.93. The van der Waals surface area contributed by atoms with Gasteiger partial charge in [-0.1, -0.05) is 59.6 Å². The molecule has 1 aliphatic heterocycles. The number of halogens is 2. The highest BCUT2D eigenvalue weighted by Crippen LogP contribution is 2.42. The Kier molecular flexibility index (Phi) is 10.7. The Morgan fingerprint density at radius 3 is 1.98 bits per heavy atom. The number of ether oxygens (including phenoxy) is 2. The molecule has 10 nitrogen and oxygen atoms in total. The van der Waals surface area contributed by atoms with E-state index in [2.05, 4.69) is 25.6 Å². The Balaban J connectivity index is 1.38. The lowest BCUT2D eigenvalue weighted by molar-refractivity contribution is -0.119. The predicted molar refractivity (Wildman–Crippen MR) is 179 cm³/mol. The molecule has 1 fully saturated rings. The van der Waals surface area contributed by atoms with Crippen molar-refractivity contribution in [3.63, 3.8) is 0 Å². The van der Waals surface area contributed by atoms with Gasteiger partial charge in [0.2, 0.25) is 17.7 Å². The van der Waals surface area contributed by atoms with Crippen LogP contribution in [0.3, 0.4) is 0 Å². The van der Waals surface area contributed by atoms with E-state index in [1.54, 1.807) is 33.4 Å². The van der Waals surface area contributed by atoms with Crippen molar-refractivity contribution >= 4 is 29.1 Å². The molecule has 0 saturated carbocycles. The number of rotatable bonds is 13. The van der Waals surface area contributed by atoms with Crippen LogP contribution in [0.5, 0.6) is 11.8 Å². The quantitative estimate of drug-likeness (QED) is 0.156. The van der Waals surface area contributed by atoms with Crippen LogP contribution in [0.15, 0.2) is 48.8 Å². The van der Waals surface area contributed by atoms with E-state index in [1.165, 1.54) is 7.11 Å². The molecule has 1 atom stereocenters. The average molecular weight is 666 g/mol. The molecule has 0 aliphatic carbocycles. The number of amides is 1. The van der Waals surface area contributed by atoms with Gasteiger partial charge in [0.25, 0.3) is 0 Å². The zero-order chi connectivity index (χ0) is 32.8. The molecule has 2 aromatic carbocycles. The lowest BCUT2D eigenvalue weighted by atomic mass is 9.98. The maximum atomic E-state index is 11.5. The van der Waals surface area contributed by atoms with E-state index in [-0.39, 0.29) is 11.9 Å².